The van der Waals surface area contributed by atoms with Crippen LogP contribution in [-0.2, 0) is 9.53 Å². The van der Waals surface area contributed by atoms with Crippen molar-refractivity contribution >= 4 is 17.6 Å². The minimum atomic E-state index is -0.0964. The van der Waals surface area contributed by atoms with Gasteiger partial charge in [0.25, 0.3) is 0 Å². The maximum absolute atomic E-state index is 12.6. The molecule has 1 atom stereocenters. The van der Waals surface area contributed by atoms with E-state index in [4.69, 9.17) is 9.47 Å². The summed E-state index contributed by atoms with van der Waals surface area (Å²) in [6.07, 6.45) is 4.99. The van der Waals surface area contributed by atoms with Crippen LogP contribution in [0.3, 0.4) is 0 Å². The Morgan fingerprint density at radius 2 is 1.83 bits per heavy atom. The molecule has 5 rings (SSSR count). The first-order chi connectivity index (χ1) is 17.1. The minimum absolute atomic E-state index is 0.00623. The van der Waals surface area contributed by atoms with E-state index < -0.39 is 0 Å². The third kappa shape index (κ3) is 6.10. The van der Waals surface area contributed by atoms with Gasteiger partial charge in [-0.3, -0.25) is 14.7 Å². The molecular formula is C26H33N5O4. The average Bonchev–Trinajstić information content (AvgIpc) is 3.33. The second-order valence-electron chi connectivity index (χ2n) is 9.42. The highest BCUT2D eigenvalue weighted by Crippen LogP contribution is 2.27. The lowest BCUT2D eigenvalue weighted by atomic mass is 9.93. The topological polar surface area (TPSA) is 87.2 Å². The fourth-order valence-corrected chi connectivity index (χ4v) is 4.77. The number of amides is 3. The molecule has 0 radical (unpaired) electrons. The maximum atomic E-state index is 12.6. The first kappa shape index (κ1) is 23.6. The number of anilines is 1. The Morgan fingerprint density at radius 3 is 2.57 bits per heavy atom. The van der Waals surface area contributed by atoms with Gasteiger partial charge in [-0.2, -0.15) is 0 Å². The van der Waals surface area contributed by atoms with Crippen molar-refractivity contribution in [2.24, 2.45) is 0 Å². The number of likely N-dealkylation sites (tertiary alicyclic amines) is 2. The molecule has 1 aromatic heterocycles. The molecule has 9 nitrogen and oxygen atoms in total. The van der Waals surface area contributed by atoms with Crippen molar-refractivity contribution in [1.82, 2.24) is 19.7 Å². The molecule has 3 aliphatic rings. The number of hydrogen-bond acceptors (Lipinski definition) is 6. The van der Waals surface area contributed by atoms with Crippen LogP contribution in [-0.4, -0.2) is 96.8 Å². The number of urea groups is 1. The predicted molar refractivity (Wildman–Crippen MR) is 132 cm³/mol. The highest BCUT2D eigenvalue weighted by molar-refractivity contribution is 5.90. The zero-order chi connectivity index (χ0) is 24.0. The van der Waals surface area contributed by atoms with E-state index in [0.717, 1.165) is 57.3 Å². The third-order valence-corrected chi connectivity index (χ3v) is 6.98. The van der Waals surface area contributed by atoms with Crippen molar-refractivity contribution in [3.63, 3.8) is 0 Å². The monoisotopic (exact) mass is 479 g/mol. The summed E-state index contributed by atoms with van der Waals surface area (Å²) in [7, 11) is 0. The Bertz CT molecular complexity index is 991. The summed E-state index contributed by atoms with van der Waals surface area (Å²) in [6, 6.07) is 11.3. The Kier molecular flexibility index (Phi) is 7.44. The molecule has 2 aromatic rings. The number of pyridine rings is 1. The number of ether oxygens (including phenoxy) is 2. The third-order valence-electron chi connectivity index (χ3n) is 6.98. The van der Waals surface area contributed by atoms with Crippen LogP contribution < -0.4 is 10.1 Å². The quantitative estimate of drug-likeness (QED) is 0.656. The van der Waals surface area contributed by atoms with Crippen molar-refractivity contribution in [2.45, 2.75) is 24.9 Å². The molecule has 1 N–H and O–H groups in total. The van der Waals surface area contributed by atoms with E-state index in [1.165, 1.54) is 5.56 Å². The number of carbonyl (C=O) groups excluding carboxylic acids is 2. The Balaban J connectivity index is 1.02. The molecule has 9 heteroatoms. The highest BCUT2D eigenvalue weighted by atomic mass is 16.5. The Hall–Kier alpha value is -3.17. The van der Waals surface area contributed by atoms with Gasteiger partial charge in [-0.25, -0.2) is 4.79 Å². The van der Waals surface area contributed by atoms with Gasteiger partial charge in [0, 0.05) is 76.1 Å². The number of nitrogens with zero attached hydrogens (tertiary/aromatic N) is 4. The number of nitrogens with one attached hydrogen (secondary N) is 1. The van der Waals surface area contributed by atoms with Gasteiger partial charge in [0.15, 0.2) is 0 Å². The van der Waals surface area contributed by atoms with Crippen LogP contribution in [0.1, 0.15) is 24.3 Å². The fourth-order valence-electron chi connectivity index (χ4n) is 4.77. The van der Waals surface area contributed by atoms with Gasteiger partial charge in [0.2, 0.25) is 5.91 Å². The SMILES string of the molecule is O=C(CCN1CCOCC1)N1CC[C@@H](Oc2ccc(NC(=O)N3CC(c4cccnc4)C3)cc2)C1. The first-order valence-electron chi connectivity index (χ1n) is 12.4. The minimum Gasteiger partial charge on any atom is -0.489 e. The van der Waals surface area contributed by atoms with Gasteiger partial charge < -0.3 is 24.6 Å². The van der Waals surface area contributed by atoms with Crippen molar-refractivity contribution < 1.29 is 19.1 Å². The van der Waals surface area contributed by atoms with Gasteiger partial charge in [-0.05, 0) is 35.9 Å². The van der Waals surface area contributed by atoms with E-state index in [0.29, 0.717) is 32.0 Å². The summed E-state index contributed by atoms with van der Waals surface area (Å²) in [4.78, 5) is 35.2. The van der Waals surface area contributed by atoms with E-state index in [2.05, 4.69) is 21.3 Å². The fraction of sp³-hybridized carbons (Fsp3) is 0.500. The average molecular weight is 480 g/mol. The largest absolute Gasteiger partial charge is 0.489 e. The summed E-state index contributed by atoms with van der Waals surface area (Å²) in [5.74, 6) is 1.29. The van der Waals surface area contributed by atoms with Crippen molar-refractivity contribution in [3.8, 4) is 5.75 Å². The van der Waals surface area contributed by atoms with Gasteiger partial charge in [0.1, 0.15) is 11.9 Å². The van der Waals surface area contributed by atoms with Gasteiger partial charge in [0.05, 0.1) is 19.8 Å². The second kappa shape index (κ2) is 11.0. The van der Waals surface area contributed by atoms with Crippen LogP contribution in [0.4, 0.5) is 10.5 Å². The van der Waals surface area contributed by atoms with Crippen molar-refractivity contribution in [3.05, 3.63) is 54.4 Å². The number of benzene rings is 1. The number of morpholine rings is 1. The zero-order valence-electron chi connectivity index (χ0n) is 20.0. The van der Waals surface area contributed by atoms with E-state index in [9.17, 15) is 9.59 Å². The lowest BCUT2D eigenvalue weighted by molar-refractivity contribution is -0.131. The smallest absolute Gasteiger partial charge is 0.321 e. The molecule has 3 saturated heterocycles. The normalized spacial score (nSPS) is 21.0. The Morgan fingerprint density at radius 1 is 1.03 bits per heavy atom. The molecule has 186 valence electrons. The number of aromatic nitrogens is 1. The van der Waals surface area contributed by atoms with Crippen LogP contribution in [0.15, 0.2) is 48.8 Å². The van der Waals surface area contributed by atoms with Crippen LogP contribution in [0, 0.1) is 0 Å². The van der Waals surface area contributed by atoms with Gasteiger partial charge in [-0.15, -0.1) is 0 Å². The number of hydrogen-bond donors (Lipinski definition) is 1. The molecule has 4 heterocycles. The molecule has 35 heavy (non-hydrogen) atoms. The Labute approximate surface area is 206 Å². The van der Waals surface area contributed by atoms with Crippen LogP contribution >= 0.6 is 0 Å². The predicted octanol–water partition coefficient (Wildman–Crippen LogP) is 2.41. The molecule has 0 bridgehead atoms. The maximum Gasteiger partial charge on any atom is 0.321 e. The van der Waals surface area contributed by atoms with Crippen LogP contribution in [0.2, 0.25) is 0 Å². The zero-order valence-corrected chi connectivity index (χ0v) is 20.0. The lowest BCUT2D eigenvalue weighted by Crippen LogP contribution is -2.50. The van der Waals surface area contributed by atoms with E-state index >= 15 is 0 Å². The molecule has 3 fully saturated rings. The molecule has 3 aliphatic heterocycles. The summed E-state index contributed by atoms with van der Waals surface area (Å²) >= 11 is 0. The molecule has 0 aliphatic carbocycles. The van der Waals surface area contributed by atoms with E-state index in [1.54, 1.807) is 11.1 Å². The van der Waals surface area contributed by atoms with Crippen molar-refractivity contribution in [2.75, 3.05) is 64.3 Å². The molecule has 0 unspecified atom stereocenters. The number of carbonyl (C=O) groups is 2. The van der Waals surface area contributed by atoms with Gasteiger partial charge in [-0.1, -0.05) is 6.07 Å². The summed E-state index contributed by atoms with van der Waals surface area (Å²) in [5, 5.41) is 2.95. The molecule has 0 spiro atoms. The molecule has 1 aromatic carbocycles. The van der Waals surface area contributed by atoms with Crippen LogP contribution in [0.25, 0.3) is 0 Å². The van der Waals surface area contributed by atoms with Crippen molar-refractivity contribution in [1.29, 1.82) is 0 Å². The summed E-state index contributed by atoms with van der Waals surface area (Å²) < 4.78 is 11.5. The van der Waals surface area contributed by atoms with E-state index in [-0.39, 0.29) is 18.0 Å². The van der Waals surface area contributed by atoms with Gasteiger partial charge >= 0.3 is 6.03 Å². The highest BCUT2D eigenvalue weighted by Gasteiger charge is 2.32. The molecular weight excluding hydrogens is 446 g/mol. The number of rotatable bonds is 7. The summed E-state index contributed by atoms with van der Waals surface area (Å²) in [5.41, 5.74) is 1.90. The summed E-state index contributed by atoms with van der Waals surface area (Å²) in [6.45, 7) is 6.84. The molecule has 3 amide bonds. The first-order valence-corrected chi connectivity index (χ1v) is 12.4. The van der Waals surface area contributed by atoms with Crippen LogP contribution in [0.5, 0.6) is 5.75 Å². The van der Waals surface area contributed by atoms with E-state index in [1.807, 2.05) is 41.4 Å². The lowest BCUT2D eigenvalue weighted by Gasteiger charge is -2.39. The standard InChI is InChI=1S/C26H33N5O4/c32-25(8-10-29-12-14-34-15-13-29)30-11-7-24(19-30)35-23-5-3-22(4-6-23)28-26(33)31-17-21(18-31)20-2-1-9-27-16-20/h1-6,9,16,21,24H,7-8,10-15,17-19H2,(H,28,33)/t24-/m1/s1. The molecule has 0 saturated carbocycles. The second-order valence-corrected chi connectivity index (χ2v) is 9.42.